The quantitative estimate of drug-likeness (QED) is 0.354. The van der Waals surface area contributed by atoms with Crippen molar-refractivity contribution >= 4 is 0 Å². The van der Waals surface area contributed by atoms with Crippen molar-refractivity contribution < 1.29 is 28.4 Å². The predicted octanol–water partition coefficient (Wildman–Crippen LogP) is 1.16. The van der Waals surface area contributed by atoms with E-state index in [1.165, 1.54) is 0 Å². The van der Waals surface area contributed by atoms with Gasteiger partial charge in [-0.05, 0) is 26.2 Å². The molecule has 3 fully saturated rings. The van der Waals surface area contributed by atoms with Gasteiger partial charge in [0.1, 0.15) is 18.3 Å². The van der Waals surface area contributed by atoms with Crippen LogP contribution < -0.4 is 0 Å². The second kappa shape index (κ2) is 8.04. The summed E-state index contributed by atoms with van der Waals surface area (Å²) in [5, 5.41) is 0. The van der Waals surface area contributed by atoms with Gasteiger partial charge in [0.15, 0.2) is 0 Å². The monoisotopic (exact) mass is 316 g/mol. The van der Waals surface area contributed by atoms with Crippen molar-refractivity contribution in [2.75, 3.05) is 52.9 Å². The fourth-order valence-electron chi connectivity index (χ4n) is 2.32. The molecule has 0 aromatic heterocycles. The predicted molar refractivity (Wildman–Crippen MR) is 79.1 cm³/mol. The Morgan fingerprint density at radius 2 is 1.36 bits per heavy atom. The molecule has 3 rings (SSSR count). The van der Waals surface area contributed by atoms with Crippen LogP contribution in [-0.4, -0.2) is 76.8 Å². The summed E-state index contributed by atoms with van der Waals surface area (Å²) >= 11 is 0. The second-order valence-corrected chi connectivity index (χ2v) is 6.63. The Morgan fingerprint density at radius 1 is 0.818 bits per heavy atom. The molecule has 0 aliphatic carbocycles. The SMILES string of the molecule is CC(CCCOCC1CO1)(CCOCC1CO1)OCC1CO1. The highest BCUT2D eigenvalue weighted by Gasteiger charge is 2.31. The Labute approximate surface area is 132 Å². The van der Waals surface area contributed by atoms with E-state index in [2.05, 4.69) is 6.92 Å². The van der Waals surface area contributed by atoms with Crippen LogP contribution in [-0.2, 0) is 28.4 Å². The minimum atomic E-state index is -0.171. The Morgan fingerprint density at radius 3 is 1.95 bits per heavy atom. The summed E-state index contributed by atoms with van der Waals surface area (Å²) in [4.78, 5) is 0. The number of rotatable bonds is 14. The van der Waals surface area contributed by atoms with Gasteiger partial charge in [0.25, 0.3) is 0 Å². The first-order valence-electron chi connectivity index (χ1n) is 8.38. The van der Waals surface area contributed by atoms with Gasteiger partial charge in [0.05, 0.1) is 45.2 Å². The van der Waals surface area contributed by atoms with Gasteiger partial charge in [-0.25, -0.2) is 0 Å². The van der Waals surface area contributed by atoms with E-state index in [1.54, 1.807) is 0 Å². The zero-order chi connectivity index (χ0) is 15.3. The van der Waals surface area contributed by atoms with Crippen LogP contribution in [0.5, 0.6) is 0 Å². The van der Waals surface area contributed by atoms with E-state index in [1.807, 2.05) is 0 Å². The third-order valence-corrected chi connectivity index (χ3v) is 4.20. The minimum Gasteiger partial charge on any atom is -0.379 e. The molecule has 22 heavy (non-hydrogen) atoms. The number of hydrogen-bond acceptors (Lipinski definition) is 6. The van der Waals surface area contributed by atoms with Crippen LogP contribution >= 0.6 is 0 Å². The van der Waals surface area contributed by atoms with E-state index in [-0.39, 0.29) is 5.60 Å². The van der Waals surface area contributed by atoms with Crippen molar-refractivity contribution in [3.8, 4) is 0 Å². The average molecular weight is 316 g/mol. The van der Waals surface area contributed by atoms with Crippen LogP contribution in [0.3, 0.4) is 0 Å². The van der Waals surface area contributed by atoms with Crippen LogP contribution in [0.1, 0.15) is 26.2 Å². The first-order valence-corrected chi connectivity index (χ1v) is 8.38. The third-order valence-electron chi connectivity index (χ3n) is 4.20. The van der Waals surface area contributed by atoms with Gasteiger partial charge in [-0.3, -0.25) is 0 Å². The molecule has 128 valence electrons. The summed E-state index contributed by atoms with van der Waals surface area (Å²) < 4.78 is 32.9. The fourth-order valence-corrected chi connectivity index (χ4v) is 2.32. The Kier molecular flexibility index (Phi) is 6.07. The summed E-state index contributed by atoms with van der Waals surface area (Å²) in [5.41, 5.74) is -0.171. The number of ether oxygens (including phenoxy) is 6. The summed E-state index contributed by atoms with van der Waals surface area (Å²) in [5.74, 6) is 0. The molecule has 0 amide bonds. The zero-order valence-electron chi connectivity index (χ0n) is 13.5. The van der Waals surface area contributed by atoms with E-state index in [4.69, 9.17) is 28.4 Å². The van der Waals surface area contributed by atoms with Gasteiger partial charge in [-0.2, -0.15) is 0 Å². The van der Waals surface area contributed by atoms with Crippen LogP contribution in [0.15, 0.2) is 0 Å². The highest BCUT2D eigenvalue weighted by Crippen LogP contribution is 2.25. The maximum Gasteiger partial charge on any atom is 0.104 e. The van der Waals surface area contributed by atoms with E-state index in [0.29, 0.717) is 38.1 Å². The fraction of sp³-hybridized carbons (Fsp3) is 1.00. The van der Waals surface area contributed by atoms with Gasteiger partial charge in [0.2, 0.25) is 0 Å². The van der Waals surface area contributed by atoms with Crippen molar-refractivity contribution in [3.05, 3.63) is 0 Å². The minimum absolute atomic E-state index is 0.171. The van der Waals surface area contributed by atoms with E-state index >= 15 is 0 Å². The molecule has 3 saturated heterocycles. The van der Waals surface area contributed by atoms with Crippen molar-refractivity contribution in [1.82, 2.24) is 0 Å². The topological polar surface area (TPSA) is 65.3 Å². The molecular formula is C16H28O6. The molecule has 0 saturated carbocycles. The first kappa shape index (κ1) is 16.6. The molecule has 4 unspecified atom stereocenters. The molecule has 0 spiro atoms. The molecule has 3 heterocycles. The zero-order valence-corrected chi connectivity index (χ0v) is 13.5. The third kappa shape index (κ3) is 6.89. The molecule has 4 atom stereocenters. The molecule has 6 nitrogen and oxygen atoms in total. The lowest BCUT2D eigenvalue weighted by Gasteiger charge is -2.30. The number of hydrogen-bond donors (Lipinski definition) is 0. The maximum atomic E-state index is 6.10. The maximum absolute atomic E-state index is 6.10. The highest BCUT2D eigenvalue weighted by molar-refractivity contribution is 4.79. The number of epoxide rings is 3. The summed E-state index contributed by atoms with van der Waals surface area (Å²) in [6.07, 6.45) is 3.80. The molecule has 0 N–H and O–H groups in total. The Balaban J connectivity index is 1.29. The van der Waals surface area contributed by atoms with Gasteiger partial charge >= 0.3 is 0 Å². The van der Waals surface area contributed by atoms with Crippen molar-refractivity contribution in [2.45, 2.75) is 50.1 Å². The molecule has 3 aliphatic heterocycles. The summed E-state index contributed by atoms with van der Waals surface area (Å²) in [6.45, 7) is 8.25. The van der Waals surface area contributed by atoms with Gasteiger partial charge in [-0.1, -0.05) is 0 Å². The lowest BCUT2D eigenvalue weighted by atomic mass is 9.96. The van der Waals surface area contributed by atoms with E-state index in [0.717, 1.165) is 52.3 Å². The van der Waals surface area contributed by atoms with E-state index < -0.39 is 0 Å². The molecule has 3 aliphatic rings. The largest absolute Gasteiger partial charge is 0.379 e. The Bertz CT molecular complexity index is 327. The summed E-state index contributed by atoms with van der Waals surface area (Å²) in [6, 6.07) is 0. The van der Waals surface area contributed by atoms with Gasteiger partial charge < -0.3 is 28.4 Å². The van der Waals surface area contributed by atoms with Crippen LogP contribution in [0, 0.1) is 0 Å². The lowest BCUT2D eigenvalue weighted by molar-refractivity contribution is -0.0684. The first-order chi connectivity index (χ1) is 10.7. The van der Waals surface area contributed by atoms with Crippen molar-refractivity contribution in [3.63, 3.8) is 0 Å². The smallest absolute Gasteiger partial charge is 0.104 e. The molecule has 0 aromatic rings. The average Bonchev–Trinajstić information content (AvgIpc) is 3.38. The molecule has 6 heteroatoms. The van der Waals surface area contributed by atoms with Crippen LogP contribution in [0.4, 0.5) is 0 Å². The Hall–Kier alpha value is -0.240. The lowest BCUT2D eigenvalue weighted by Crippen LogP contribution is -2.32. The molecular weight excluding hydrogens is 288 g/mol. The molecule has 0 radical (unpaired) electrons. The summed E-state index contributed by atoms with van der Waals surface area (Å²) in [7, 11) is 0. The van der Waals surface area contributed by atoms with Crippen molar-refractivity contribution in [2.24, 2.45) is 0 Å². The van der Waals surface area contributed by atoms with E-state index in [9.17, 15) is 0 Å². The molecule has 0 aromatic carbocycles. The van der Waals surface area contributed by atoms with Crippen molar-refractivity contribution in [1.29, 1.82) is 0 Å². The second-order valence-electron chi connectivity index (χ2n) is 6.63. The van der Waals surface area contributed by atoms with Crippen LogP contribution in [0.25, 0.3) is 0 Å². The van der Waals surface area contributed by atoms with Gasteiger partial charge in [0, 0.05) is 13.2 Å². The highest BCUT2D eigenvalue weighted by atomic mass is 16.6. The standard InChI is InChI=1S/C16H28O6/c1-16(22-12-15-11-21-15,4-6-18-8-14-10-20-14)3-2-5-17-7-13-9-19-13/h13-15H,2-12H2,1H3. The molecule has 0 bridgehead atoms. The normalized spacial score (nSPS) is 31.8. The van der Waals surface area contributed by atoms with Crippen LogP contribution in [0.2, 0.25) is 0 Å². The van der Waals surface area contributed by atoms with Gasteiger partial charge in [-0.15, -0.1) is 0 Å².